The van der Waals surface area contributed by atoms with Crippen molar-refractivity contribution in [2.45, 2.75) is 36.4 Å². The SMILES string of the molecule is O=C(NC[C@H](NS(=O)(=O)c1ccccc1)C(=O)O)c1ccc(N2CCCC[C@H]2Nc2ncccn2)c(Cl)c1. The summed E-state index contributed by atoms with van der Waals surface area (Å²) in [6.07, 6.45) is 6.08. The molecule has 38 heavy (non-hydrogen) atoms. The maximum absolute atomic E-state index is 12.8. The molecule has 4 N–H and O–H groups in total. The van der Waals surface area contributed by atoms with E-state index >= 15 is 0 Å². The maximum Gasteiger partial charge on any atom is 0.323 e. The number of sulfonamides is 1. The first kappa shape index (κ1) is 27.3. The Labute approximate surface area is 225 Å². The van der Waals surface area contributed by atoms with E-state index in [2.05, 4.69) is 30.2 Å². The lowest BCUT2D eigenvalue weighted by Gasteiger charge is -2.38. The summed E-state index contributed by atoms with van der Waals surface area (Å²) in [7, 11) is -4.09. The van der Waals surface area contributed by atoms with Crippen LogP contribution in [0.2, 0.25) is 5.02 Å². The monoisotopic (exact) mass is 558 g/mol. The van der Waals surface area contributed by atoms with E-state index in [0.717, 1.165) is 31.5 Å². The Morgan fingerprint density at radius 3 is 2.50 bits per heavy atom. The number of rotatable bonds is 10. The third-order valence-electron chi connectivity index (χ3n) is 6.00. The fourth-order valence-electron chi connectivity index (χ4n) is 4.10. The molecule has 1 amide bonds. The van der Waals surface area contributed by atoms with Crippen LogP contribution in [0.15, 0.2) is 71.9 Å². The molecule has 1 aliphatic heterocycles. The number of amides is 1. The van der Waals surface area contributed by atoms with Crippen LogP contribution in [0.1, 0.15) is 29.6 Å². The quantitative estimate of drug-likeness (QED) is 0.294. The van der Waals surface area contributed by atoms with Gasteiger partial charge in [-0.1, -0.05) is 29.8 Å². The molecule has 2 atom stereocenters. The number of carboxylic acids is 1. The number of hydrogen-bond acceptors (Lipinski definition) is 8. The maximum atomic E-state index is 12.8. The molecule has 0 bridgehead atoms. The number of halogens is 1. The van der Waals surface area contributed by atoms with E-state index < -0.39 is 34.5 Å². The zero-order valence-electron chi connectivity index (χ0n) is 20.2. The largest absolute Gasteiger partial charge is 0.480 e. The molecular formula is C25H27ClN6O5S. The number of carbonyl (C=O) groups is 2. The van der Waals surface area contributed by atoms with E-state index in [1.165, 1.54) is 30.3 Å². The summed E-state index contributed by atoms with van der Waals surface area (Å²) in [5.41, 5.74) is 0.942. The minimum atomic E-state index is -4.09. The van der Waals surface area contributed by atoms with Crippen molar-refractivity contribution in [3.8, 4) is 0 Å². The van der Waals surface area contributed by atoms with Crippen molar-refractivity contribution in [3.63, 3.8) is 0 Å². The smallest absolute Gasteiger partial charge is 0.323 e. The van der Waals surface area contributed by atoms with Crippen LogP contribution in [0.25, 0.3) is 0 Å². The van der Waals surface area contributed by atoms with Crippen LogP contribution in [0.5, 0.6) is 0 Å². The highest BCUT2D eigenvalue weighted by molar-refractivity contribution is 7.89. The van der Waals surface area contributed by atoms with Gasteiger partial charge in [-0.2, -0.15) is 4.72 Å². The topological polar surface area (TPSA) is 154 Å². The van der Waals surface area contributed by atoms with E-state index in [1.807, 2.05) is 0 Å². The van der Waals surface area contributed by atoms with Gasteiger partial charge in [0.1, 0.15) is 12.2 Å². The van der Waals surface area contributed by atoms with Gasteiger partial charge in [0.05, 0.1) is 15.6 Å². The van der Waals surface area contributed by atoms with Crippen molar-refractivity contribution in [2.24, 2.45) is 0 Å². The van der Waals surface area contributed by atoms with Gasteiger partial charge >= 0.3 is 5.97 Å². The highest BCUT2D eigenvalue weighted by Crippen LogP contribution is 2.32. The lowest BCUT2D eigenvalue weighted by atomic mass is 10.1. The molecule has 0 saturated carbocycles. The second kappa shape index (κ2) is 12.2. The molecule has 4 rings (SSSR count). The zero-order valence-corrected chi connectivity index (χ0v) is 21.8. The van der Waals surface area contributed by atoms with E-state index in [0.29, 0.717) is 11.0 Å². The van der Waals surface area contributed by atoms with Crippen molar-refractivity contribution < 1.29 is 23.1 Å². The summed E-state index contributed by atoms with van der Waals surface area (Å²) in [5.74, 6) is -1.51. The molecular weight excluding hydrogens is 532 g/mol. The molecule has 0 aliphatic carbocycles. The number of hydrogen-bond donors (Lipinski definition) is 4. The minimum absolute atomic E-state index is 0.0794. The van der Waals surface area contributed by atoms with Gasteiger partial charge in [0, 0.05) is 31.0 Å². The number of nitrogens with one attached hydrogen (secondary N) is 3. The van der Waals surface area contributed by atoms with Crippen molar-refractivity contribution >= 4 is 45.1 Å². The Kier molecular flexibility index (Phi) is 8.77. The number of nitrogens with zero attached hydrogens (tertiary/aromatic N) is 3. The highest BCUT2D eigenvalue weighted by Gasteiger charge is 2.27. The molecule has 1 saturated heterocycles. The van der Waals surface area contributed by atoms with Gasteiger partial charge < -0.3 is 20.6 Å². The Morgan fingerprint density at radius 2 is 1.82 bits per heavy atom. The second-order valence-electron chi connectivity index (χ2n) is 8.62. The molecule has 1 fully saturated rings. The third-order valence-corrected chi connectivity index (χ3v) is 7.79. The van der Waals surface area contributed by atoms with Crippen LogP contribution < -0.4 is 20.3 Å². The van der Waals surface area contributed by atoms with Crippen LogP contribution in [-0.2, 0) is 14.8 Å². The van der Waals surface area contributed by atoms with Gasteiger partial charge in [-0.15, -0.1) is 0 Å². The molecule has 2 heterocycles. The summed E-state index contributed by atoms with van der Waals surface area (Å²) in [6, 6.07) is 12.4. The summed E-state index contributed by atoms with van der Waals surface area (Å²) in [5, 5.41) is 15.6. The molecule has 13 heteroatoms. The molecule has 1 aromatic heterocycles. The third kappa shape index (κ3) is 6.77. The van der Waals surface area contributed by atoms with Gasteiger partial charge in [0.25, 0.3) is 5.91 Å². The fourth-order valence-corrected chi connectivity index (χ4v) is 5.60. The Morgan fingerprint density at radius 1 is 1.08 bits per heavy atom. The van der Waals surface area contributed by atoms with Crippen LogP contribution in [0, 0.1) is 0 Å². The van der Waals surface area contributed by atoms with Gasteiger partial charge in [-0.3, -0.25) is 9.59 Å². The van der Waals surface area contributed by atoms with Crippen LogP contribution in [0.3, 0.4) is 0 Å². The van der Waals surface area contributed by atoms with Gasteiger partial charge in [0.2, 0.25) is 16.0 Å². The van der Waals surface area contributed by atoms with E-state index in [4.69, 9.17) is 11.6 Å². The predicted octanol–water partition coefficient (Wildman–Crippen LogP) is 2.72. The van der Waals surface area contributed by atoms with Crippen LogP contribution in [-0.4, -0.2) is 60.7 Å². The molecule has 3 aromatic rings. The summed E-state index contributed by atoms with van der Waals surface area (Å²) in [6.45, 7) is 0.284. The van der Waals surface area contributed by atoms with Crippen molar-refractivity contribution in [1.82, 2.24) is 20.0 Å². The second-order valence-corrected chi connectivity index (χ2v) is 10.7. The minimum Gasteiger partial charge on any atom is -0.480 e. The molecule has 0 spiro atoms. The van der Waals surface area contributed by atoms with Crippen molar-refractivity contribution in [2.75, 3.05) is 23.3 Å². The molecule has 1 aliphatic rings. The first-order valence-electron chi connectivity index (χ1n) is 11.9. The van der Waals surface area contributed by atoms with Gasteiger partial charge in [-0.25, -0.2) is 18.4 Å². The first-order valence-corrected chi connectivity index (χ1v) is 13.8. The normalized spacial score (nSPS) is 16.4. The Balaban J connectivity index is 1.42. The van der Waals surface area contributed by atoms with E-state index in [9.17, 15) is 23.1 Å². The lowest BCUT2D eigenvalue weighted by Crippen LogP contribution is -2.48. The van der Waals surface area contributed by atoms with Gasteiger partial charge in [0.15, 0.2) is 0 Å². The highest BCUT2D eigenvalue weighted by atomic mass is 35.5. The molecule has 2 aromatic carbocycles. The predicted molar refractivity (Wildman–Crippen MR) is 143 cm³/mol. The molecule has 200 valence electrons. The number of aromatic nitrogens is 2. The molecule has 11 nitrogen and oxygen atoms in total. The number of benzene rings is 2. The molecule has 0 radical (unpaired) electrons. The standard InChI is InChI=1S/C25H27ClN6O5S/c26-19-15-17(10-11-21(19)32-14-5-4-9-22(32)30-25-27-12-6-13-28-25)23(33)29-16-20(24(34)35)31-38(36,37)18-7-2-1-3-8-18/h1-3,6-8,10-13,15,20,22,31H,4-5,9,14,16H2,(H,29,33)(H,34,35)(H,27,28,30)/t20-,22-/m0/s1. The number of carbonyl (C=O) groups excluding carboxylic acids is 1. The van der Waals surface area contributed by atoms with Crippen molar-refractivity contribution in [3.05, 3.63) is 77.6 Å². The number of carboxylic acid groups (broad SMARTS) is 1. The Bertz CT molecular complexity index is 1380. The van der Waals surface area contributed by atoms with E-state index in [1.54, 1.807) is 36.7 Å². The van der Waals surface area contributed by atoms with E-state index in [-0.39, 0.29) is 16.6 Å². The summed E-state index contributed by atoms with van der Waals surface area (Å²) >= 11 is 6.58. The van der Waals surface area contributed by atoms with Crippen LogP contribution in [0.4, 0.5) is 11.6 Å². The average Bonchev–Trinajstić information content (AvgIpc) is 2.92. The average molecular weight is 559 g/mol. The molecule has 0 unspecified atom stereocenters. The number of piperidine rings is 1. The summed E-state index contributed by atoms with van der Waals surface area (Å²) in [4.78, 5) is 34.9. The Hall–Kier alpha value is -3.74. The fraction of sp³-hybridized carbons (Fsp3) is 0.280. The van der Waals surface area contributed by atoms with Crippen LogP contribution >= 0.6 is 11.6 Å². The summed E-state index contributed by atoms with van der Waals surface area (Å²) < 4.78 is 27.1. The van der Waals surface area contributed by atoms with Gasteiger partial charge in [-0.05, 0) is 55.7 Å². The first-order chi connectivity index (χ1) is 18.2. The lowest BCUT2D eigenvalue weighted by molar-refractivity contribution is -0.138. The zero-order chi connectivity index (χ0) is 27.1. The van der Waals surface area contributed by atoms with Crippen molar-refractivity contribution in [1.29, 1.82) is 0 Å². The number of anilines is 2. The number of aliphatic carboxylic acids is 1.